The lowest BCUT2D eigenvalue weighted by Crippen LogP contribution is -2.25. The number of carbonyl (C=O) groups is 2. The van der Waals surface area contributed by atoms with Crippen LogP contribution in [0.25, 0.3) is 0 Å². The van der Waals surface area contributed by atoms with E-state index in [1.165, 1.54) is 12.7 Å². The Balaban J connectivity index is 1.80. The van der Waals surface area contributed by atoms with Crippen molar-refractivity contribution in [3.8, 4) is 11.5 Å². The molecule has 2 aromatic rings. The summed E-state index contributed by atoms with van der Waals surface area (Å²) < 4.78 is 10.4. The van der Waals surface area contributed by atoms with Crippen LogP contribution in [0.3, 0.4) is 0 Å². The van der Waals surface area contributed by atoms with E-state index < -0.39 is 5.91 Å². The van der Waals surface area contributed by atoms with E-state index >= 15 is 0 Å². The highest BCUT2D eigenvalue weighted by atomic mass is 32.2. The van der Waals surface area contributed by atoms with Gasteiger partial charge in [-0.15, -0.1) is 0 Å². The van der Waals surface area contributed by atoms with E-state index in [2.05, 4.69) is 17.4 Å². The van der Waals surface area contributed by atoms with Gasteiger partial charge in [-0.25, -0.2) is 0 Å². The highest BCUT2D eigenvalue weighted by Crippen LogP contribution is 2.28. The topological polar surface area (TPSA) is 90.7 Å². The number of nitrogens with two attached hydrogens (primary N) is 1. The summed E-state index contributed by atoms with van der Waals surface area (Å²) in [7, 11) is 1.47. The molecule has 0 heterocycles. The fourth-order valence-corrected chi connectivity index (χ4v) is 3.00. The van der Waals surface area contributed by atoms with Gasteiger partial charge in [-0.2, -0.15) is 11.8 Å². The van der Waals surface area contributed by atoms with Crippen LogP contribution < -0.4 is 20.5 Å². The molecule has 2 amide bonds. The van der Waals surface area contributed by atoms with Crippen molar-refractivity contribution in [1.82, 2.24) is 5.32 Å². The lowest BCUT2D eigenvalue weighted by atomic mass is 10.2. The number of carbonyl (C=O) groups excluding carboxylic acids is 2. The van der Waals surface area contributed by atoms with Gasteiger partial charge in [-0.3, -0.25) is 9.59 Å². The van der Waals surface area contributed by atoms with Gasteiger partial charge in [-0.1, -0.05) is 30.3 Å². The average molecular weight is 374 g/mol. The van der Waals surface area contributed by atoms with Crippen LogP contribution in [0.2, 0.25) is 0 Å². The molecule has 6 nitrogen and oxygen atoms in total. The van der Waals surface area contributed by atoms with Gasteiger partial charge in [0.15, 0.2) is 18.1 Å². The van der Waals surface area contributed by atoms with Gasteiger partial charge >= 0.3 is 0 Å². The Morgan fingerprint density at radius 2 is 1.88 bits per heavy atom. The first-order chi connectivity index (χ1) is 12.6. The number of thioether (sulfide) groups is 1. The molecule has 2 rings (SSSR count). The molecule has 0 unspecified atom stereocenters. The quantitative estimate of drug-likeness (QED) is 0.622. The maximum atomic E-state index is 12.2. The Morgan fingerprint density at radius 3 is 2.58 bits per heavy atom. The minimum Gasteiger partial charge on any atom is -0.493 e. The molecule has 138 valence electrons. The van der Waals surface area contributed by atoms with Crippen molar-refractivity contribution in [2.75, 3.05) is 26.0 Å². The third-order valence-corrected chi connectivity index (χ3v) is 4.47. The van der Waals surface area contributed by atoms with Crippen LogP contribution in [0.1, 0.15) is 15.9 Å². The largest absolute Gasteiger partial charge is 0.493 e. The summed E-state index contributed by atoms with van der Waals surface area (Å²) in [4.78, 5) is 23.0. The van der Waals surface area contributed by atoms with Crippen molar-refractivity contribution in [3.63, 3.8) is 0 Å². The molecule has 0 aliphatic carbocycles. The first kappa shape index (κ1) is 19.7. The summed E-state index contributed by atoms with van der Waals surface area (Å²) >= 11 is 1.76. The molecule has 0 spiro atoms. The van der Waals surface area contributed by atoms with Gasteiger partial charge in [0.05, 0.1) is 7.11 Å². The molecule has 0 saturated carbocycles. The second-order valence-corrected chi connectivity index (χ2v) is 6.52. The predicted molar refractivity (Wildman–Crippen MR) is 103 cm³/mol. The summed E-state index contributed by atoms with van der Waals surface area (Å²) in [5.41, 5.74) is 6.78. The number of rotatable bonds is 10. The minimum atomic E-state index is -0.582. The number of hydrogen-bond acceptors (Lipinski definition) is 5. The first-order valence-electron chi connectivity index (χ1n) is 8.09. The lowest BCUT2D eigenvalue weighted by Gasteiger charge is -2.11. The van der Waals surface area contributed by atoms with Crippen LogP contribution in [0, 0.1) is 0 Å². The molecule has 0 radical (unpaired) electrons. The first-order valence-corrected chi connectivity index (χ1v) is 9.24. The van der Waals surface area contributed by atoms with Crippen LogP contribution in [0.5, 0.6) is 11.5 Å². The van der Waals surface area contributed by atoms with E-state index in [1.807, 2.05) is 18.2 Å². The second-order valence-electron chi connectivity index (χ2n) is 5.41. The van der Waals surface area contributed by atoms with Crippen LogP contribution in [-0.2, 0) is 10.5 Å². The van der Waals surface area contributed by atoms with E-state index in [0.717, 1.165) is 11.5 Å². The summed E-state index contributed by atoms with van der Waals surface area (Å²) in [5.74, 6) is 1.69. The van der Waals surface area contributed by atoms with E-state index in [-0.39, 0.29) is 12.5 Å². The highest BCUT2D eigenvalue weighted by Gasteiger charge is 2.11. The monoisotopic (exact) mass is 374 g/mol. The van der Waals surface area contributed by atoms with E-state index in [9.17, 15) is 9.59 Å². The molecule has 3 N–H and O–H groups in total. The zero-order chi connectivity index (χ0) is 18.8. The summed E-state index contributed by atoms with van der Waals surface area (Å²) in [5, 5.41) is 2.88. The van der Waals surface area contributed by atoms with Gasteiger partial charge in [0, 0.05) is 23.6 Å². The zero-order valence-electron chi connectivity index (χ0n) is 14.6. The molecule has 0 atom stereocenters. The summed E-state index contributed by atoms with van der Waals surface area (Å²) in [6.07, 6.45) is 0. The second kappa shape index (κ2) is 10.4. The van der Waals surface area contributed by atoms with Crippen LogP contribution >= 0.6 is 11.8 Å². The maximum absolute atomic E-state index is 12.2. The molecule has 0 saturated heterocycles. The molecule has 26 heavy (non-hydrogen) atoms. The molecular weight excluding hydrogens is 352 g/mol. The van der Waals surface area contributed by atoms with E-state index in [1.54, 1.807) is 30.0 Å². The Kier molecular flexibility index (Phi) is 7.82. The molecule has 2 aromatic carbocycles. The van der Waals surface area contributed by atoms with Crippen LogP contribution in [0.15, 0.2) is 48.5 Å². The van der Waals surface area contributed by atoms with E-state index in [4.69, 9.17) is 15.2 Å². The van der Waals surface area contributed by atoms with Crippen molar-refractivity contribution in [3.05, 3.63) is 59.7 Å². The molecule has 0 fully saturated rings. The normalized spacial score (nSPS) is 10.2. The average Bonchev–Trinajstić information content (AvgIpc) is 2.66. The van der Waals surface area contributed by atoms with Gasteiger partial charge in [0.1, 0.15) is 0 Å². The molecule has 0 aliphatic rings. The molecule has 7 heteroatoms. The number of benzene rings is 2. The van der Waals surface area contributed by atoms with Gasteiger partial charge < -0.3 is 20.5 Å². The molecular formula is C19H22N2O4S. The van der Waals surface area contributed by atoms with Crippen molar-refractivity contribution in [1.29, 1.82) is 0 Å². The Bertz CT molecular complexity index is 738. The zero-order valence-corrected chi connectivity index (χ0v) is 15.4. The van der Waals surface area contributed by atoms with Crippen molar-refractivity contribution >= 4 is 23.6 Å². The fraction of sp³-hybridized carbons (Fsp3) is 0.263. The summed E-state index contributed by atoms with van der Waals surface area (Å²) in [6.45, 7) is 0.319. The van der Waals surface area contributed by atoms with Gasteiger partial charge in [0.25, 0.3) is 11.8 Å². The van der Waals surface area contributed by atoms with Crippen LogP contribution in [-0.4, -0.2) is 37.8 Å². The fourth-order valence-electron chi connectivity index (χ4n) is 2.18. The van der Waals surface area contributed by atoms with Gasteiger partial charge in [0.2, 0.25) is 0 Å². The van der Waals surface area contributed by atoms with Gasteiger partial charge in [-0.05, 0) is 23.8 Å². The van der Waals surface area contributed by atoms with Crippen molar-refractivity contribution in [2.24, 2.45) is 5.73 Å². The Morgan fingerprint density at radius 1 is 1.12 bits per heavy atom. The number of nitrogens with one attached hydrogen (secondary N) is 1. The predicted octanol–water partition coefficient (Wildman–Crippen LogP) is 2.22. The Hall–Kier alpha value is -2.67. The maximum Gasteiger partial charge on any atom is 0.255 e. The SMILES string of the molecule is COc1cc(C(=O)NCCSCc2ccccc2)ccc1OCC(N)=O. The molecule has 0 aliphatic heterocycles. The Labute approximate surface area is 157 Å². The number of ether oxygens (including phenoxy) is 2. The molecule has 0 bridgehead atoms. The third-order valence-electron chi connectivity index (χ3n) is 3.44. The minimum absolute atomic E-state index is 0.190. The number of amides is 2. The van der Waals surface area contributed by atoms with Crippen molar-refractivity contribution < 1.29 is 19.1 Å². The number of primary amides is 1. The smallest absolute Gasteiger partial charge is 0.255 e. The lowest BCUT2D eigenvalue weighted by molar-refractivity contribution is -0.119. The standard InChI is InChI=1S/C19H22N2O4S/c1-24-17-11-15(7-8-16(17)25-12-18(20)22)19(23)21-9-10-26-13-14-5-3-2-4-6-14/h2-8,11H,9-10,12-13H2,1H3,(H2,20,22)(H,21,23). The third kappa shape index (κ3) is 6.33. The number of hydrogen-bond donors (Lipinski definition) is 2. The summed E-state index contributed by atoms with van der Waals surface area (Å²) in [6, 6.07) is 15.0. The highest BCUT2D eigenvalue weighted by molar-refractivity contribution is 7.98. The van der Waals surface area contributed by atoms with Crippen molar-refractivity contribution in [2.45, 2.75) is 5.75 Å². The number of methoxy groups -OCH3 is 1. The van der Waals surface area contributed by atoms with Crippen LogP contribution in [0.4, 0.5) is 0 Å². The molecule has 0 aromatic heterocycles. The van der Waals surface area contributed by atoms with E-state index in [0.29, 0.717) is 23.6 Å².